The van der Waals surface area contributed by atoms with Crippen LogP contribution in [-0.4, -0.2) is 35.6 Å². The van der Waals surface area contributed by atoms with Crippen molar-refractivity contribution in [1.82, 2.24) is 14.7 Å². The van der Waals surface area contributed by atoms with Crippen LogP contribution < -0.4 is 5.32 Å². The lowest BCUT2D eigenvalue weighted by molar-refractivity contribution is -0.121. The number of amides is 1. The third kappa shape index (κ3) is 3.79. The van der Waals surface area contributed by atoms with E-state index in [2.05, 4.69) is 10.3 Å². The van der Waals surface area contributed by atoms with E-state index in [4.69, 9.17) is 4.74 Å². The molecule has 102 valence electrons. The number of hydrogen-bond acceptors (Lipinski definition) is 3. The van der Waals surface area contributed by atoms with Crippen LogP contribution >= 0.6 is 0 Å². The summed E-state index contributed by atoms with van der Waals surface area (Å²) >= 11 is 0. The van der Waals surface area contributed by atoms with Gasteiger partial charge in [-0.25, -0.2) is 4.98 Å². The summed E-state index contributed by atoms with van der Waals surface area (Å²) in [6.07, 6.45) is 5.74. The Kier molecular flexibility index (Phi) is 4.92. The first-order valence-electron chi connectivity index (χ1n) is 6.48. The van der Waals surface area contributed by atoms with Crippen LogP contribution in [0.15, 0.2) is 30.6 Å². The standard InChI is InChI=1S/C14H19N3O2/c1-19-10-4-8-15-14(18)7-6-13-16-11-12-5-2-3-9-17(12)13/h2-3,5,9,11H,4,6-8,10H2,1H3,(H,15,18). The molecule has 0 aromatic carbocycles. The summed E-state index contributed by atoms with van der Waals surface area (Å²) < 4.78 is 6.94. The van der Waals surface area contributed by atoms with E-state index in [-0.39, 0.29) is 5.91 Å². The van der Waals surface area contributed by atoms with Crippen molar-refractivity contribution in [2.24, 2.45) is 0 Å². The lowest BCUT2D eigenvalue weighted by Crippen LogP contribution is -2.25. The quantitative estimate of drug-likeness (QED) is 0.767. The molecule has 0 spiro atoms. The zero-order valence-corrected chi connectivity index (χ0v) is 11.1. The fourth-order valence-electron chi connectivity index (χ4n) is 1.94. The topological polar surface area (TPSA) is 55.6 Å². The Balaban J connectivity index is 1.80. The molecule has 0 aliphatic heterocycles. The highest BCUT2D eigenvalue weighted by Gasteiger charge is 2.06. The fraction of sp³-hybridized carbons (Fsp3) is 0.429. The van der Waals surface area contributed by atoms with E-state index in [1.807, 2.05) is 35.0 Å². The number of carbonyl (C=O) groups is 1. The first-order chi connectivity index (χ1) is 9.31. The lowest BCUT2D eigenvalue weighted by atomic mass is 10.2. The molecule has 0 atom stereocenters. The molecular formula is C14H19N3O2. The molecule has 2 rings (SSSR count). The number of carbonyl (C=O) groups excluding carboxylic acids is 1. The van der Waals surface area contributed by atoms with Crippen molar-refractivity contribution in [3.05, 3.63) is 36.4 Å². The maximum Gasteiger partial charge on any atom is 0.220 e. The largest absolute Gasteiger partial charge is 0.385 e. The van der Waals surface area contributed by atoms with E-state index in [1.165, 1.54) is 0 Å². The molecule has 2 heterocycles. The van der Waals surface area contributed by atoms with Gasteiger partial charge in [-0.15, -0.1) is 0 Å². The highest BCUT2D eigenvalue weighted by atomic mass is 16.5. The highest BCUT2D eigenvalue weighted by molar-refractivity contribution is 5.76. The van der Waals surface area contributed by atoms with Crippen molar-refractivity contribution in [3.63, 3.8) is 0 Å². The molecule has 1 amide bonds. The van der Waals surface area contributed by atoms with Gasteiger partial charge in [-0.1, -0.05) is 6.07 Å². The minimum atomic E-state index is 0.0591. The Bertz CT molecular complexity index is 536. The van der Waals surface area contributed by atoms with E-state index in [9.17, 15) is 4.79 Å². The molecule has 0 aliphatic carbocycles. The van der Waals surface area contributed by atoms with Crippen molar-refractivity contribution in [2.45, 2.75) is 19.3 Å². The SMILES string of the molecule is COCCCNC(=O)CCc1ncc2ccccn12. The normalized spacial score (nSPS) is 10.8. The van der Waals surface area contributed by atoms with Crippen LogP contribution in [0.2, 0.25) is 0 Å². The molecule has 1 N–H and O–H groups in total. The van der Waals surface area contributed by atoms with Crippen LogP contribution in [0, 0.1) is 0 Å². The van der Waals surface area contributed by atoms with Gasteiger partial charge in [-0.3, -0.25) is 4.79 Å². The highest BCUT2D eigenvalue weighted by Crippen LogP contribution is 2.07. The van der Waals surface area contributed by atoms with Crippen LogP contribution in [-0.2, 0) is 16.0 Å². The van der Waals surface area contributed by atoms with Gasteiger partial charge in [0.2, 0.25) is 5.91 Å². The first kappa shape index (κ1) is 13.5. The second-order valence-electron chi connectivity index (χ2n) is 4.37. The van der Waals surface area contributed by atoms with Crippen LogP contribution in [0.3, 0.4) is 0 Å². The van der Waals surface area contributed by atoms with Crippen molar-refractivity contribution in [2.75, 3.05) is 20.3 Å². The lowest BCUT2D eigenvalue weighted by Gasteiger charge is -2.04. The average Bonchev–Trinajstić information content (AvgIpc) is 2.85. The van der Waals surface area contributed by atoms with Gasteiger partial charge < -0.3 is 14.5 Å². The fourth-order valence-corrected chi connectivity index (χ4v) is 1.94. The van der Waals surface area contributed by atoms with Gasteiger partial charge in [0, 0.05) is 39.3 Å². The number of imidazole rings is 1. The van der Waals surface area contributed by atoms with Gasteiger partial charge in [0.15, 0.2) is 0 Å². The van der Waals surface area contributed by atoms with E-state index in [1.54, 1.807) is 7.11 Å². The van der Waals surface area contributed by atoms with Gasteiger partial charge in [-0.05, 0) is 18.6 Å². The predicted molar refractivity (Wildman–Crippen MR) is 73.0 cm³/mol. The second kappa shape index (κ2) is 6.89. The smallest absolute Gasteiger partial charge is 0.220 e. The molecular weight excluding hydrogens is 242 g/mol. The summed E-state index contributed by atoms with van der Waals surface area (Å²) in [5.74, 6) is 0.978. The molecule has 0 saturated carbocycles. The van der Waals surface area contributed by atoms with Crippen LogP contribution in [0.5, 0.6) is 0 Å². The zero-order chi connectivity index (χ0) is 13.5. The second-order valence-corrected chi connectivity index (χ2v) is 4.37. The zero-order valence-electron chi connectivity index (χ0n) is 11.1. The van der Waals surface area contributed by atoms with Gasteiger partial charge >= 0.3 is 0 Å². The van der Waals surface area contributed by atoms with Crippen molar-refractivity contribution in [1.29, 1.82) is 0 Å². The number of hydrogen-bond donors (Lipinski definition) is 1. The number of rotatable bonds is 7. The molecule has 5 nitrogen and oxygen atoms in total. The molecule has 0 bridgehead atoms. The average molecular weight is 261 g/mol. The number of nitrogens with one attached hydrogen (secondary N) is 1. The Hall–Kier alpha value is -1.88. The Morgan fingerprint density at radius 2 is 2.37 bits per heavy atom. The molecule has 5 heteroatoms. The summed E-state index contributed by atoms with van der Waals surface area (Å²) in [5.41, 5.74) is 1.05. The molecule has 19 heavy (non-hydrogen) atoms. The number of aryl methyl sites for hydroxylation is 1. The molecule has 0 radical (unpaired) electrons. The van der Waals surface area contributed by atoms with Crippen LogP contribution in [0.4, 0.5) is 0 Å². The number of nitrogens with zero attached hydrogens (tertiary/aromatic N) is 2. The van der Waals surface area contributed by atoms with Gasteiger partial charge in [0.25, 0.3) is 0 Å². The van der Waals surface area contributed by atoms with E-state index in [0.29, 0.717) is 26.0 Å². The van der Waals surface area contributed by atoms with Crippen molar-refractivity contribution >= 4 is 11.4 Å². The Morgan fingerprint density at radius 3 is 3.21 bits per heavy atom. The monoisotopic (exact) mass is 261 g/mol. The van der Waals surface area contributed by atoms with E-state index in [0.717, 1.165) is 17.8 Å². The number of pyridine rings is 1. The summed E-state index contributed by atoms with van der Waals surface area (Å²) in [6, 6.07) is 5.94. The van der Waals surface area contributed by atoms with Crippen LogP contribution in [0.1, 0.15) is 18.7 Å². The number of aromatic nitrogens is 2. The van der Waals surface area contributed by atoms with Gasteiger partial charge in [0.1, 0.15) is 5.82 Å². The minimum absolute atomic E-state index is 0.0591. The number of methoxy groups -OCH3 is 1. The maximum atomic E-state index is 11.6. The van der Waals surface area contributed by atoms with Crippen molar-refractivity contribution < 1.29 is 9.53 Å². The molecule has 2 aromatic heterocycles. The summed E-state index contributed by atoms with van der Waals surface area (Å²) in [4.78, 5) is 16.0. The summed E-state index contributed by atoms with van der Waals surface area (Å²) in [5, 5.41) is 2.87. The Morgan fingerprint density at radius 1 is 1.47 bits per heavy atom. The van der Waals surface area contributed by atoms with Gasteiger partial charge in [-0.2, -0.15) is 0 Å². The summed E-state index contributed by atoms with van der Waals surface area (Å²) in [6.45, 7) is 1.33. The molecule has 0 aliphatic rings. The minimum Gasteiger partial charge on any atom is -0.385 e. The number of fused-ring (bicyclic) bond motifs is 1. The van der Waals surface area contributed by atoms with E-state index < -0.39 is 0 Å². The van der Waals surface area contributed by atoms with Crippen LogP contribution in [0.25, 0.3) is 5.52 Å². The van der Waals surface area contributed by atoms with Gasteiger partial charge in [0.05, 0.1) is 11.7 Å². The molecule has 0 fully saturated rings. The molecule has 2 aromatic rings. The molecule has 0 saturated heterocycles. The predicted octanol–water partition coefficient (Wildman–Crippen LogP) is 1.42. The third-order valence-electron chi connectivity index (χ3n) is 2.94. The maximum absolute atomic E-state index is 11.6. The molecule has 0 unspecified atom stereocenters. The summed E-state index contributed by atoms with van der Waals surface area (Å²) in [7, 11) is 1.66. The number of ether oxygens (including phenoxy) is 1. The van der Waals surface area contributed by atoms with Crippen molar-refractivity contribution in [3.8, 4) is 0 Å². The third-order valence-corrected chi connectivity index (χ3v) is 2.94. The first-order valence-corrected chi connectivity index (χ1v) is 6.48. The Labute approximate surface area is 112 Å². The van der Waals surface area contributed by atoms with E-state index >= 15 is 0 Å².